The summed E-state index contributed by atoms with van der Waals surface area (Å²) < 4.78 is 5.27. The Hall–Kier alpha value is -0.120. The molecule has 1 fully saturated rings. The third-order valence-corrected chi connectivity index (χ3v) is 1.97. The minimum absolute atomic E-state index is 0.495. The van der Waals surface area contributed by atoms with E-state index in [9.17, 15) is 0 Å². The summed E-state index contributed by atoms with van der Waals surface area (Å²) in [4.78, 5) is 0. The maximum Gasteiger partial charge on any atom is 0.0623 e. The van der Waals surface area contributed by atoms with Crippen LogP contribution in [0.3, 0.4) is 0 Å². The van der Waals surface area contributed by atoms with Gasteiger partial charge in [-0.3, -0.25) is 0 Å². The van der Waals surface area contributed by atoms with Crippen molar-refractivity contribution >= 4 is 0 Å². The third-order valence-electron chi connectivity index (χ3n) is 1.97. The van der Waals surface area contributed by atoms with Crippen LogP contribution < -0.4 is 11.1 Å². The fourth-order valence-corrected chi connectivity index (χ4v) is 1.32. The molecule has 0 aromatic rings. The van der Waals surface area contributed by atoms with E-state index in [1.165, 1.54) is 0 Å². The molecule has 3 nitrogen and oxygen atoms in total. The smallest absolute Gasteiger partial charge is 0.0623 e. The maximum atomic E-state index is 5.53. The largest absolute Gasteiger partial charge is 0.379 e. The van der Waals surface area contributed by atoms with Gasteiger partial charge in [0.05, 0.1) is 13.2 Å². The quantitative estimate of drug-likeness (QED) is 0.565. The zero-order chi connectivity index (χ0) is 7.40. The van der Waals surface area contributed by atoms with Gasteiger partial charge in [0, 0.05) is 12.0 Å². The summed E-state index contributed by atoms with van der Waals surface area (Å²) in [5, 5.41) is 3.34. The summed E-state index contributed by atoms with van der Waals surface area (Å²) in [6, 6.07) is 0.495. The van der Waals surface area contributed by atoms with Crippen LogP contribution in [0.5, 0.6) is 0 Å². The van der Waals surface area contributed by atoms with Crippen molar-refractivity contribution in [2.45, 2.75) is 13.0 Å². The predicted octanol–water partition coefficient (Wildman–Crippen LogP) is -0.430. The molecular weight excluding hydrogens is 128 g/mol. The fourth-order valence-electron chi connectivity index (χ4n) is 1.32. The fraction of sp³-hybridized carbons (Fsp3) is 1.00. The van der Waals surface area contributed by atoms with Crippen molar-refractivity contribution < 1.29 is 4.74 Å². The highest BCUT2D eigenvalue weighted by atomic mass is 16.5. The molecule has 0 amide bonds. The average Bonchev–Trinajstić information content (AvgIpc) is 2.36. The molecule has 3 heteroatoms. The Morgan fingerprint density at radius 1 is 1.60 bits per heavy atom. The Kier molecular flexibility index (Phi) is 3.12. The molecule has 10 heavy (non-hydrogen) atoms. The van der Waals surface area contributed by atoms with Gasteiger partial charge in [0.25, 0.3) is 0 Å². The number of rotatable bonds is 3. The predicted molar refractivity (Wildman–Crippen MR) is 40.8 cm³/mol. The highest BCUT2D eigenvalue weighted by Crippen LogP contribution is 2.11. The van der Waals surface area contributed by atoms with Crippen molar-refractivity contribution in [3.63, 3.8) is 0 Å². The molecule has 0 aromatic heterocycles. The first-order valence-corrected chi connectivity index (χ1v) is 3.89. The third kappa shape index (κ3) is 1.68. The van der Waals surface area contributed by atoms with Gasteiger partial charge in [-0.1, -0.05) is 6.92 Å². The monoisotopic (exact) mass is 144 g/mol. The van der Waals surface area contributed by atoms with E-state index in [0.717, 1.165) is 26.3 Å². The van der Waals surface area contributed by atoms with E-state index in [2.05, 4.69) is 12.2 Å². The number of likely N-dealkylation sites (N-methyl/N-ethyl adjacent to an activating group) is 1. The molecule has 1 heterocycles. The molecule has 0 aromatic carbocycles. The number of ether oxygens (including phenoxy) is 1. The lowest BCUT2D eigenvalue weighted by Crippen LogP contribution is -2.38. The van der Waals surface area contributed by atoms with E-state index in [0.29, 0.717) is 12.0 Å². The molecule has 0 radical (unpaired) electrons. The molecule has 1 aliphatic heterocycles. The van der Waals surface area contributed by atoms with Gasteiger partial charge in [-0.05, 0) is 13.1 Å². The van der Waals surface area contributed by atoms with E-state index < -0.39 is 0 Å². The average molecular weight is 144 g/mol. The molecule has 1 saturated heterocycles. The number of hydrogen-bond donors (Lipinski definition) is 2. The van der Waals surface area contributed by atoms with E-state index in [4.69, 9.17) is 10.5 Å². The summed E-state index contributed by atoms with van der Waals surface area (Å²) in [5.41, 5.74) is 5.53. The van der Waals surface area contributed by atoms with Crippen LogP contribution in [0, 0.1) is 5.92 Å². The van der Waals surface area contributed by atoms with Gasteiger partial charge < -0.3 is 15.8 Å². The van der Waals surface area contributed by atoms with Crippen LogP contribution in [0.25, 0.3) is 0 Å². The molecular formula is C7H16N2O. The van der Waals surface area contributed by atoms with Crippen molar-refractivity contribution in [1.82, 2.24) is 5.32 Å². The lowest BCUT2D eigenvalue weighted by Gasteiger charge is -2.15. The van der Waals surface area contributed by atoms with Crippen molar-refractivity contribution in [3.8, 4) is 0 Å². The highest BCUT2D eigenvalue weighted by Gasteiger charge is 2.25. The Balaban J connectivity index is 2.27. The van der Waals surface area contributed by atoms with E-state index in [-0.39, 0.29) is 0 Å². The van der Waals surface area contributed by atoms with Crippen molar-refractivity contribution in [1.29, 1.82) is 0 Å². The minimum Gasteiger partial charge on any atom is -0.379 e. The first-order valence-electron chi connectivity index (χ1n) is 3.89. The second-order valence-electron chi connectivity index (χ2n) is 2.70. The van der Waals surface area contributed by atoms with E-state index >= 15 is 0 Å². The molecule has 2 unspecified atom stereocenters. The summed E-state index contributed by atoms with van der Waals surface area (Å²) in [6.45, 7) is 5.50. The van der Waals surface area contributed by atoms with Crippen LogP contribution in [0.4, 0.5) is 0 Å². The lowest BCUT2D eigenvalue weighted by molar-refractivity contribution is 0.183. The van der Waals surface area contributed by atoms with Crippen molar-refractivity contribution in [3.05, 3.63) is 0 Å². The van der Waals surface area contributed by atoms with E-state index in [1.54, 1.807) is 0 Å². The standard InChI is InChI=1S/C7H16N2O/c1-2-9-7-5-10-4-6(7)3-8/h6-7,9H,2-5,8H2,1H3. The highest BCUT2D eigenvalue weighted by molar-refractivity contribution is 4.81. The summed E-state index contributed by atoms with van der Waals surface area (Å²) >= 11 is 0. The van der Waals surface area contributed by atoms with Crippen LogP contribution in [-0.4, -0.2) is 32.3 Å². The topological polar surface area (TPSA) is 47.3 Å². The molecule has 0 bridgehead atoms. The second kappa shape index (κ2) is 3.91. The van der Waals surface area contributed by atoms with Crippen LogP contribution >= 0.6 is 0 Å². The van der Waals surface area contributed by atoms with Crippen molar-refractivity contribution in [2.24, 2.45) is 11.7 Å². The van der Waals surface area contributed by atoms with Gasteiger partial charge in [-0.25, -0.2) is 0 Å². The second-order valence-corrected chi connectivity index (χ2v) is 2.70. The van der Waals surface area contributed by atoms with Gasteiger partial charge >= 0.3 is 0 Å². The maximum absolute atomic E-state index is 5.53. The Bertz CT molecular complexity index is 97.6. The molecule has 60 valence electrons. The van der Waals surface area contributed by atoms with Gasteiger partial charge in [-0.2, -0.15) is 0 Å². The van der Waals surface area contributed by atoms with Gasteiger partial charge in [0.15, 0.2) is 0 Å². The summed E-state index contributed by atoms with van der Waals surface area (Å²) in [6.07, 6.45) is 0. The van der Waals surface area contributed by atoms with Crippen LogP contribution in [0.15, 0.2) is 0 Å². The zero-order valence-electron chi connectivity index (χ0n) is 6.47. The Morgan fingerprint density at radius 2 is 2.40 bits per heavy atom. The molecule has 1 rings (SSSR count). The first kappa shape index (κ1) is 7.98. The number of nitrogens with two attached hydrogens (primary N) is 1. The molecule has 0 spiro atoms. The number of hydrogen-bond acceptors (Lipinski definition) is 3. The van der Waals surface area contributed by atoms with Crippen molar-refractivity contribution in [2.75, 3.05) is 26.3 Å². The molecule has 3 N–H and O–H groups in total. The van der Waals surface area contributed by atoms with Gasteiger partial charge in [0.1, 0.15) is 0 Å². The molecule has 1 aliphatic rings. The Morgan fingerprint density at radius 3 is 3.00 bits per heavy atom. The SMILES string of the molecule is CCNC1COCC1CN. The minimum atomic E-state index is 0.495. The van der Waals surface area contributed by atoms with Crippen LogP contribution in [0.1, 0.15) is 6.92 Å². The molecule has 0 saturated carbocycles. The zero-order valence-corrected chi connectivity index (χ0v) is 6.47. The van der Waals surface area contributed by atoms with Gasteiger partial charge in [-0.15, -0.1) is 0 Å². The Labute approximate surface area is 61.9 Å². The normalized spacial score (nSPS) is 33.0. The summed E-state index contributed by atoms with van der Waals surface area (Å²) in [7, 11) is 0. The lowest BCUT2D eigenvalue weighted by atomic mass is 10.0. The number of nitrogens with one attached hydrogen (secondary N) is 1. The molecule has 0 aliphatic carbocycles. The van der Waals surface area contributed by atoms with Crippen LogP contribution in [0.2, 0.25) is 0 Å². The first-order chi connectivity index (χ1) is 4.88. The van der Waals surface area contributed by atoms with Gasteiger partial charge in [0.2, 0.25) is 0 Å². The molecule has 2 atom stereocenters. The summed E-state index contributed by atoms with van der Waals surface area (Å²) in [5.74, 6) is 0.528. The van der Waals surface area contributed by atoms with Crippen LogP contribution in [-0.2, 0) is 4.74 Å². The van der Waals surface area contributed by atoms with E-state index in [1.807, 2.05) is 0 Å².